The highest BCUT2D eigenvalue weighted by molar-refractivity contribution is 5.94. The molecule has 1 N–H and O–H groups in total. The van der Waals surface area contributed by atoms with Crippen LogP contribution in [0.25, 0.3) is 0 Å². The molecule has 108 valence electrons. The topological polar surface area (TPSA) is 86.9 Å². The maximum absolute atomic E-state index is 12.3. The molecule has 0 spiro atoms. The minimum atomic E-state index is -1.21. The molecule has 1 aromatic heterocycles. The molecule has 0 aromatic carbocycles. The molecule has 1 unspecified atom stereocenters. The van der Waals surface area contributed by atoms with Gasteiger partial charge in [0.25, 0.3) is 5.91 Å². The van der Waals surface area contributed by atoms with Gasteiger partial charge in [0, 0.05) is 31.7 Å². The number of hydrogen-bond acceptors (Lipinski definition) is 5. The first kappa shape index (κ1) is 13.1. The van der Waals surface area contributed by atoms with Crippen LogP contribution in [-0.2, 0) is 0 Å². The molecule has 2 fully saturated rings. The minimum Gasteiger partial charge on any atom is -0.475 e. The van der Waals surface area contributed by atoms with Crippen molar-refractivity contribution in [3.8, 4) is 0 Å². The van der Waals surface area contributed by atoms with Gasteiger partial charge in [0.05, 0.1) is 0 Å². The van der Waals surface area contributed by atoms with Crippen LogP contribution in [0.5, 0.6) is 0 Å². The van der Waals surface area contributed by atoms with Crippen molar-refractivity contribution >= 4 is 11.9 Å². The van der Waals surface area contributed by atoms with E-state index in [9.17, 15) is 9.59 Å². The number of hydrogen-bond donors (Lipinski definition) is 1. The molecule has 2 aliphatic heterocycles. The summed E-state index contributed by atoms with van der Waals surface area (Å²) >= 11 is 0. The SMILES string of the molecule is O=C(O)c1cc(C(=O)N2CCN3CCCCC3C2)no1. The van der Waals surface area contributed by atoms with E-state index in [1.54, 1.807) is 4.90 Å². The number of aromatic nitrogens is 1. The molecule has 3 heterocycles. The van der Waals surface area contributed by atoms with E-state index in [4.69, 9.17) is 5.11 Å². The molecule has 7 nitrogen and oxygen atoms in total. The smallest absolute Gasteiger partial charge is 0.374 e. The lowest BCUT2D eigenvalue weighted by Crippen LogP contribution is -2.56. The number of piperidine rings is 1. The van der Waals surface area contributed by atoms with E-state index in [2.05, 4.69) is 14.6 Å². The lowest BCUT2D eigenvalue weighted by atomic mass is 9.99. The summed E-state index contributed by atoms with van der Waals surface area (Å²) in [7, 11) is 0. The van der Waals surface area contributed by atoms with Crippen LogP contribution in [0.3, 0.4) is 0 Å². The van der Waals surface area contributed by atoms with Gasteiger partial charge in [-0.25, -0.2) is 4.79 Å². The number of nitrogens with zero attached hydrogens (tertiary/aromatic N) is 3. The van der Waals surface area contributed by atoms with Crippen LogP contribution in [-0.4, -0.2) is 64.2 Å². The summed E-state index contributed by atoms with van der Waals surface area (Å²) < 4.78 is 4.64. The van der Waals surface area contributed by atoms with E-state index >= 15 is 0 Å². The van der Waals surface area contributed by atoms with Crippen molar-refractivity contribution < 1.29 is 19.2 Å². The first-order valence-corrected chi connectivity index (χ1v) is 6.88. The number of aromatic carboxylic acids is 1. The van der Waals surface area contributed by atoms with E-state index in [1.165, 1.54) is 18.9 Å². The Morgan fingerprint density at radius 1 is 1.30 bits per heavy atom. The van der Waals surface area contributed by atoms with Crippen LogP contribution in [0.2, 0.25) is 0 Å². The summed E-state index contributed by atoms with van der Waals surface area (Å²) in [6, 6.07) is 1.62. The van der Waals surface area contributed by atoms with Crippen LogP contribution >= 0.6 is 0 Å². The lowest BCUT2D eigenvalue weighted by Gasteiger charge is -2.43. The minimum absolute atomic E-state index is 0.0756. The fourth-order valence-corrected chi connectivity index (χ4v) is 2.98. The quantitative estimate of drug-likeness (QED) is 0.856. The zero-order valence-electron chi connectivity index (χ0n) is 11.1. The molecular weight excluding hydrogens is 262 g/mol. The Hall–Kier alpha value is -1.89. The maximum Gasteiger partial charge on any atom is 0.374 e. The van der Waals surface area contributed by atoms with Gasteiger partial charge >= 0.3 is 5.97 Å². The fourth-order valence-electron chi connectivity index (χ4n) is 2.98. The van der Waals surface area contributed by atoms with Crippen LogP contribution in [0.4, 0.5) is 0 Å². The summed E-state index contributed by atoms with van der Waals surface area (Å²) in [4.78, 5) is 27.2. The average Bonchev–Trinajstić information content (AvgIpc) is 2.96. The number of piperazine rings is 1. The molecule has 2 saturated heterocycles. The molecule has 1 atom stereocenters. The molecule has 0 aliphatic carbocycles. The van der Waals surface area contributed by atoms with Crippen molar-refractivity contribution in [2.24, 2.45) is 0 Å². The van der Waals surface area contributed by atoms with E-state index < -0.39 is 5.97 Å². The van der Waals surface area contributed by atoms with Crippen LogP contribution in [0.1, 0.15) is 40.3 Å². The Bertz CT molecular complexity index is 527. The molecule has 0 radical (unpaired) electrons. The number of carboxylic acid groups (broad SMARTS) is 1. The number of carbonyl (C=O) groups excluding carboxylic acids is 1. The number of amides is 1. The number of carboxylic acids is 1. The second-order valence-electron chi connectivity index (χ2n) is 5.32. The van der Waals surface area contributed by atoms with Gasteiger partial charge in [-0.1, -0.05) is 11.6 Å². The second-order valence-corrected chi connectivity index (χ2v) is 5.32. The predicted molar refractivity (Wildman–Crippen MR) is 68.6 cm³/mol. The summed E-state index contributed by atoms with van der Waals surface area (Å²) in [6.45, 7) is 3.33. The van der Waals surface area contributed by atoms with Gasteiger partial charge in [0.2, 0.25) is 5.76 Å². The van der Waals surface area contributed by atoms with Crippen molar-refractivity contribution in [1.29, 1.82) is 0 Å². The van der Waals surface area contributed by atoms with Gasteiger partial charge in [0.1, 0.15) is 0 Å². The Balaban J connectivity index is 1.69. The van der Waals surface area contributed by atoms with E-state index in [1.807, 2.05) is 0 Å². The van der Waals surface area contributed by atoms with E-state index in [-0.39, 0.29) is 17.4 Å². The first-order valence-electron chi connectivity index (χ1n) is 6.88. The van der Waals surface area contributed by atoms with Gasteiger partial charge in [0.15, 0.2) is 5.69 Å². The fraction of sp³-hybridized carbons (Fsp3) is 0.615. The summed E-state index contributed by atoms with van der Waals surface area (Å²) in [5, 5.41) is 12.3. The van der Waals surface area contributed by atoms with E-state index in [0.717, 1.165) is 19.5 Å². The summed E-state index contributed by atoms with van der Waals surface area (Å²) in [5.74, 6) is -1.76. The van der Waals surface area contributed by atoms with Crippen molar-refractivity contribution in [3.63, 3.8) is 0 Å². The first-order chi connectivity index (χ1) is 9.65. The third-order valence-corrected chi connectivity index (χ3v) is 4.06. The summed E-state index contributed by atoms with van der Waals surface area (Å²) in [5.41, 5.74) is 0.0756. The second kappa shape index (κ2) is 5.24. The van der Waals surface area contributed by atoms with Gasteiger partial charge in [-0.2, -0.15) is 0 Å². The Morgan fingerprint density at radius 3 is 2.90 bits per heavy atom. The molecule has 0 saturated carbocycles. The standard InChI is InChI=1S/C13H17N3O4/c17-12(10-7-11(13(18)19)20-14-10)16-6-5-15-4-2-1-3-9(15)8-16/h7,9H,1-6,8H2,(H,18,19). The van der Waals surface area contributed by atoms with Gasteiger partial charge in [-0.05, 0) is 19.4 Å². The highest BCUT2D eigenvalue weighted by Crippen LogP contribution is 2.22. The molecule has 1 amide bonds. The number of rotatable bonds is 2. The number of carbonyl (C=O) groups is 2. The largest absolute Gasteiger partial charge is 0.475 e. The van der Waals surface area contributed by atoms with Crippen LogP contribution < -0.4 is 0 Å². The Kier molecular flexibility index (Phi) is 3.43. The monoisotopic (exact) mass is 279 g/mol. The Morgan fingerprint density at radius 2 is 2.15 bits per heavy atom. The lowest BCUT2D eigenvalue weighted by molar-refractivity contribution is 0.0365. The van der Waals surface area contributed by atoms with Crippen LogP contribution in [0, 0.1) is 0 Å². The predicted octanol–water partition coefficient (Wildman–Crippen LogP) is 0.683. The maximum atomic E-state index is 12.3. The molecular formula is C13H17N3O4. The van der Waals surface area contributed by atoms with E-state index in [0.29, 0.717) is 19.1 Å². The third kappa shape index (κ3) is 2.40. The number of fused-ring (bicyclic) bond motifs is 1. The Labute approximate surface area is 116 Å². The molecule has 2 aliphatic rings. The summed E-state index contributed by atoms with van der Waals surface area (Å²) in [6.07, 6.45) is 3.55. The normalized spacial score (nSPS) is 23.4. The average molecular weight is 279 g/mol. The molecule has 0 bridgehead atoms. The molecule has 7 heteroatoms. The molecule has 3 rings (SSSR count). The molecule has 20 heavy (non-hydrogen) atoms. The zero-order valence-corrected chi connectivity index (χ0v) is 11.1. The highest BCUT2D eigenvalue weighted by Gasteiger charge is 2.32. The third-order valence-electron chi connectivity index (χ3n) is 4.06. The zero-order chi connectivity index (χ0) is 14.1. The van der Waals surface area contributed by atoms with Crippen molar-refractivity contribution in [2.75, 3.05) is 26.2 Å². The van der Waals surface area contributed by atoms with Gasteiger partial charge in [-0.15, -0.1) is 0 Å². The van der Waals surface area contributed by atoms with Crippen molar-refractivity contribution in [2.45, 2.75) is 25.3 Å². The van der Waals surface area contributed by atoms with Gasteiger partial charge in [-0.3, -0.25) is 9.69 Å². The van der Waals surface area contributed by atoms with Gasteiger partial charge < -0.3 is 14.5 Å². The van der Waals surface area contributed by atoms with Crippen LogP contribution in [0.15, 0.2) is 10.6 Å². The molecule has 1 aromatic rings. The van der Waals surface area contributed by atoms with Crippen molar-refractivity contribution in [1.82, 2.24) is 15.0 Å². The highest BCUT2D eigenvalue weighted by atomic mass is 16.5. The van der Waals surface area contributed by atoms with Crippen molar-refractivity contribution in [3.05, 3.63) is 17.5 Å².